The van der Waals surface area contributed by atoms with Crippen molar-refractivity contribution in [3.05, 3.63) is 39.4 Å². The summed E-state index contributed by atoms with van der Waals surface area (Å²) in [5.41, 5.74) is 3.87. The highest BCUT2D eigenvalue weighted by Crippen LogP contribution is 2.31. The zero-order chi connectivity index (χ0) is 18.4. The SMILES string of the molecule is CC1CCc2ccc(Br)cc2C=C1CCCCNC(=O)OC(C)(C)C. The van der Waals surface area contributed by atoms with Crippen molar-refractivity contribution in [2.75, 3.05) is 6.54 Å². The summed E-state index contributed by atoms with van der Waals surface area (Å²) in [7, 11) is 0. The smallest absolute Gasteiger partial charge is 0.407 e. The standard InChI is InChI=1S/C21H30BrNO2/c1-15-8-9-16-10-11-19(22)14-18(16)13-17(15)7-5-6-12-23-20(24)25-21(2,3)4/h10-11,13-15H,5-9,12H2,1-4H3,(H,23,24). The molecule has 0 bridgehead atoms. The van der Waals surface area contributed by atoms with E-state index in [1.807, 2.05) is 20.8 Å². The van der Waals surface area contributed by atoms with Gasteiger partial charge in [0.1, 0.15) is 5.60 Å². The van der Waals surface area contributed by atoms with Crippen LogP contribution in [0.2, 0.25) is 0 Å². The molecule has 0 saturated heterocycles. The molecule has 3 nitrogen and oxygen atoms in total. The molecule has 1 atom stereocenters. The van der Waals surface area contributed by atoms with Crippen molar-refractivity contribution in [1.82, 2.24) is 5.32 Å². The summed E-state index contributed by atoms with van der Waals surface area (Å²) in [6, 6.07) is 6.58. The van der Waals surface area contributed by atoms with E-state index in [4.69, 9.17) is 4.74 Å². The molecule has 2 rings (SSSR count). The van der Waals surface area contributed by atoms with Gasteiger partial charge in [0.25, 0.3) is 0 Å². The first-order valence-corrected chi connectivity index (χ1v) is 9.99. The molecule has 1 aliphatic carbocycles. The summed E-state index contributed by atoms with van der Waals surface area (Å²) in [4.78, 5) is 11.6. The summed E-state index contributed by atoms with van der Waals surface area (Å²) in [6.07, 6.45) is 7.53. The largest absolute Gasteiger partial charge is 0.444 e. The second-order valence-corrected chi connectivity index (χ2v) is 8.80. The molecular weight excluding hydrogens is 378 g/mol. The van der Waals surface area contributed by atoms with Crippen LogP contribution >= 0.6 is 15.9 Å². The van der Waals surface area contributed by atoms with Crippen molar-refractivity contribution in [3.63, 3.8) is 0 Å². The van der Waals surface area contributed by atoms with E-state index >= 15 is 0 Å². The Labute approximate surface area is 160 Å². The lowest BCUT2D eigenvalue weighted by Gasteiger charge is -2.19. The van der Waals surface area contributed by atoms with Gasteiger partial charge in [-0.05, 0) is 82.1 Å². The van der Waals surface area contributed by atoms with Gasteiger partial charge in [-0.3, -0.25) is 0 Å². The van der Waals surface area contributed by atoms with Gasteiger partial charge in [-0.2, -0.15) is 0 Å². The first kappa shape index (κ1) is 20.0. The monoisotopic (exact) mass is 407 g/mol. The maximum Gasteiger partial charge on any atom is 0.407 e. The lowest BCUT2D eigenvalue weighted by Crippen LogP contribution is -2.33. The molecular formula is C21H30BrNO2. The normalized spacial score (nSPS) is 17.3. The van der Waals surface area contributed by atoms with E-state index in [0.717, 1.165) is 30.2 Å². The number of hydrogen-bond donors (Lipinski definition) is 1. The Kier molecular flexibility index (Phi) is 7.12. The molecule has 0 spiro atoms. The minimum absolute atomic E-state index is 0.326. The van der Waals surface area contributed by atoms with E-state index in [-0.39, 0.29) is 6.09 Å². The van der Waals surface area contributed by atoms with Crippen molar-refractivity contribution >= 4 is 28.1 Å². The molecule has 138 valence electrons. The van der Waals surface area contributed by atoms with Crippen LogP contribution in [0.3, 0.4) is 0 Å². The number of alkyl carbamates (subject to hydrolysis) is 1. The number of nitrogens with one attached hydrogen (secondary N) is 1. The molecule has 0 aliphatic heterocycles. The number of fused-ring (bicyclic) bond motifs is 1. The van der Waals surface area contributed by atoms with Gasteiger partial charge in [0.15, 0.2) is 0 Å². The summed E-state index contributed by atoms with van der Waals surface area (Å²) in [5, 5.41) is 2.84. The van der Waals surface area contributed by atoms with Gasteiger partial charge in [0.2, 0.25) is 0 Å². The number of carbonyl (C=O) groups is 1. The lowest BCUT2D eigenvalue weighted by molar-refractivity contribution is 0.0527. The lowest BCUT2D eigenvalue weighted by atomic mass is 9.93. The van der Waals surface area contributed by atoms with E-state index in [1.165, 1.54) is 23.1 Å². The Balaban J connectivity index is 1.82. The number of unbranched alkanes of at least 4 members (excludes halogenated alkanes) is 1. The van der Waals surface area contributed by atoms with Gasteiger partial charge < -0.3 is 10.1 Å². The zero-order valence-electron chi connectivity index (χ0n) is 15.8. The minimum Gasteiger partial charge on any atom is -0.444 e. The predicted octanol–water partition coefficient (Wildman–Crippen LogP) is 6.11. The van der Waals surface area contributed by atoms with Crippen LogP contribution in [0.15, 0.2) is 28.2 Å². The fraction of sp³-hybridized carbons (Fsp3) is 0.571. The van der Waals surface area contributed by atoms with E-state index in [1.54, 1.807) is 0 Å². The molecule has 25 heavy (non-hydrogen) atoms. The second-order valence-electron chi connectivity index (χ2n) is 7.89. The molecule has 0 saturated carbocycles. The van der Waals surface area contributed by atoms with Crippen LogP contribution < -0.4 is 5.32 Å². The van der Waals surface area contributed by atoms with Gasteiger partial charge in [-0.15, -0.1) is 0 Å². The van der Waals surface area contributed by atoms with Crippen molar-refractivity contribution < 1.29 is 9.53 Å². The highest BCUT2D eigenvalue weighted by molar-refractivity contribution is 9.10. The number of rotatable bonds is 5. The number of hydrogen-bond acceptors (Lipinski definition) is 2. The predicted molar refractivity (Wildman–Crippen MR) is 108 cm³/mol. The Hall–Kier alpha value is -1.29. The van der Waals surface area contributed by atoms with Gasteiger partial charge >= 0.3 is 6.09 Å². The quantitative estimate of drug-likeness (QED) is 0.597. The summed E-state index contributed by atoms with van der Waals surface area (Å²) >= 11 is 3.58. The summed E-state index contributed by atoms with van der Waals surface area (Å²) in [6.45, 7) is 8.62. The molecule has 1 amide bonds. The molecule has 1 unspecified atom stereocenters. The average molecular weight is 408 g/mol. The van der Waals surface area contributed by atoms with Crippen LogP contribution in [0.5, 0.6) is 0 Å². The highest BCUT2D eigenvalue weighted by Gasteiger charge is 2.17. The maximum atomic E-state index is 11.6. The number of aryl methyl sites for hydroxylation is 1. The first-order chi connectivity index (χ1) is 11.7. The van der Waals surface area contributed by atoms with Gasteiger partial charge in [-0.25, -0.2) is 4.79 Å². The molecule has 0 aromatic heterocycles. The number of benzene rings is 1. The number of allylic oxidation sites excluding steroid dienone is 1. The minimum atomic E-state index is -0.438. The van der Waals surface area contributed by atoms with Gasteiger partial charge in [0.05, 0.1) is 0 Å². The Bertz CT molecular complexity index is 631. The van der Waals surface area contributed by atoms with E-state index < -0.39 is 5.60 Å². The molecule has 0 fully saturated rings. The maximum absolute atomic E-state index is 11.6. The Morgan fingerprint density at radius 3 is 2.80 bits per heavy atom. The first-order valence-electron chi connectivity index (χ1n) is 9.20. The number of halogens is 1. The summed E-state index contributed by atoms with van der Waals surface area (Å²) < 4.78 is 6.39. The number of carbonyl (C=O) groups excluding carboxylic acids is 1. The number of ether oxygens (including phenoxy) is 1. The highest BCUT2D eigenvalue weighted by atomic mass is 79.9. The van der Waals surface area contributed by atoms with Crippen LogP contribution in [0.1, 0.15) is 64.5 Å². The molecule has 1 aromatic carbocycles. The molecule has 0 radical (unpaired) electrons. The summed E-state index contributed by atoms with van der Waals surface area (Å²) in [5.74, 6) is 0.616. The number of amides is 1. The molecule has 4 heteroatoms. The van der Waals surface area contributed by atoms with Crippen molar-refractivity contribution in [3.8, 4) is 0 Å². The van der Waals surface area contributed by atoms with E-state index in [9.17, 15) is 4.79 Å². The van der Waals surface area contributed by atoms with Gasteiger partial charge in [-0.1, -0.05) is 40.6 Å². The van der Waals surface area contributed by atoms with E-state index in [2.05, 4.69) is 52.4 Å². The third-order valence-electron chi connectivity index (χ3n) is 4.49. The molecule has 0 heterocycles. The van der Waals surface area contributed by atoms with E-state index in [0.29, 0.717) is 12.5 Å². The third kappa shape index (κ3) is 6.85. The molecule has 1 aromatic rings. The van der Waals surface area contributed by atoms with Crippen LogP contribution in [-0.4, -0.2) is 18.2 Å². The van der Waals surface area contributed by atoms with Crippen molar-refractivity contribution in [2.24, 2.45) is 5.92 Å². The van der Waals surface area contributed by atoms with Crippen molar-refractivity contribution in [2.45, 2.75) is 65.4 Å². The Morgan fingerprint density at radius 1 is 1.32 bits per heavy atom. The van der Waals surface area contributed by atoms with Gasteiger partial charge in [0, 0.05) is 11.0 Å². The average Bonchev–Trinajstić information content (AvgIpc) is 2.64. The Morgan fingerprint density at radius 2 is 2.08 bits per heavy atom. The zero-order valence-corrected chi connectivity index (χ0v) is 17.4. The second kappa shape index (κ2) is 8.88. The third-order valence-corrected chi connectivity index (χ3v) is 4.98. The van der Waals surface area contributed by atoms with Crippen LogP contribution in [-0.2, 0) is 11.2 Å². The topological polar surface area (TPSA) is 38.3 Å². The fourth-order valence-corrected chi connectivity index (χ4v) is 3.48. The van der Waals surface area contributed by atoms with Crippen LogP contribution in [0.4, 0.5) is 4.79 Å². The molecule has 1 aliphatic rings. The van der Waals surface area contributed by atoms with Crippen LogP contribution in [0, 0.1) is 5.92 Å². The fourth-order valence-electron chi connectivity index (χ4n) is 3.10. The van der Waals surface area contributed by atoms with Crippen molar-refractivity contribution in [1.29, 1.82) is 0 Å². The van der Waals surface area contributed by atoms with Crippen LogP contribution in [0.25, 0.3) is 6.08 Å². The molecule has 1 N–H and O–H groups in total.